The molecule has 0 atom stereocenters. The van der Waals surface area contributed by atoms with E-state index in [0.29, 0.717) is 5.92 Å². The number of fused-ring (bicyclic) bond motifs is 1. The summed E-state index contributed by atoms with van der Waals surface area (Å²) in [6, 6.07) is 8.48. The van der Waals surface area contributed by atoms with Crippen molar-refractivity contribution in [2.24, 2.45) is 0 Å². The molecule has 1 fully saturated rings. The molecule has 1 aliphatic heterocycles. The molecule has 0 saturated carbocycles. The maximum atomic E-state index is 4.54. The van der Waals surface area contributed by atoms with Crippen molar-refractivity contribution in [2.75, 3.05) is 20.1 Å². The molecule has 3 heterocycles. The second kappa shape index (κ2) is 5.00. The van der Waals surface area contributed by atoms with Crippen LogP contribution < -0.4 is 0 Å². The van der Waals surface area contributed by atoms with Gasteiger partial charge in [-0.15, -0.1) is 0 Å². The molecule has 0 bridgehead atoms. The van der Waals surface area contributed by atoms with Crippen LogP contribution in [0.5, 0.6) is 0 Å². The molecule has 1 saturated heterocycles. The average Bonchev–Trinajstić information content (AvgIpc) is 3.16. The lowest BCUT2D eigenvalue weighted by atomic mass is 9.93. The zero-order chi connectivity index (χ0) is 14.2. The molecule has 108 valence electrons. The van der Waals surface area contributed by atoms with Gasteiger partial charge in [-0.05, 0) is 57.2 Å². The normalized spacial score (nSPS) is 17.6. The third-order valence-corrected chi connectivity index (χ3v) is 4.48. The summed E-state index contributed by atoms with van der Waals surface area (Å²) < 4.78 is 2.08. The summed E-state index contributed by atoms with van der Waals surface area (Å²) in [5.74, 6) is 0.598. The molecule has 0 radical (unpaired) electrons. The van der Waals surface area contributed by atoms with Crippen molar-refractivity contribution in [1.82, 2.24) is 24.9 Å². The number of H-pyrrole nitrogens is 1. The fraction of sp³-hybridized carbons (Fsp3) is 0.375. The molecule has 0 amide bonds. The van der Waals surface area contributed by atoms with Crippen LogP contribution in [0.15, 0.2) is 36.7 Å². The molecular formula is C16H19N5. The Labute approximate surface area is 123 Å². The van der Waals surface area contributed by atoms with Crippen molar-refractivity contribution in [3.63, 3.8) is 0 Å². The molecule has 1 N–H and O–H groups in total. The molecular weight excluding hydrogens is 262 g/mol. The minimum Gasteiger partial charge on any atom is -0.306 e. The van der Waals surface area contributed by atoms with Crippen LogP contribution in [0.4, 0.5) is 0 Å². The highest BCUT2D eigenvalue weighted by molar-refractivity contribution is 5.79. The number of aromatic nitrogens is 4. The zero-order valence-corrected chi connectivity index (χ0v) is 12.2. The van der Waals surface area contributed by atoms with Gasteiger partial charge in [-0.3, -0.25) is 5.10 Å². The van der Waals surface area contributed by atoms with Crippen molar-refractivity contribution >= 4 is 10.9 Å². The number of rotatable bonds is 2. The van der Waals surface area contributed by atoms with Crippen molar-refractivity contribution in [3.8, 4) is 5.69 Å². The van der Waals surface area contributed by atoms with Crippen LogP contribution in [0.2, 0.25) is 0 Å². The highest BCUT2D eigenvalue weighted by Crippen LogP contribution is 2.29. The first-order valence-corrected chi connectivity index (χ1v) is 7.47. The number of piperidine rings is 1. The van der Waals surface area contributed by atoms with Gasteiger partial charge in [-0.25, -0.2) is 4.68 Å². The summed E-state index contributed by atoms with van der Waals surface area (Å²) in [5.41, 5.74) is 3.48. The van der Waals surface area contributed by atoms with E-state index in [1.54, 1.807) is 0 Å². The molecule has 0 spiro atoms. The second-order valence-electron chi connectivity index (χ2n) is 5.89. The van der Waals surface area contributed by atoms with Crippen molar-refractivity contribution in [2.45, 2.75) is 18.8 Å². The van der Waals surface area contributed by atoms with E-state index >= 15 is 0 Å². The number of nitrogens with zero attached hydrogens (tertiary/aromatic N) is 4. The quantitative estimate of drug-likeness (QED) is 0.785. The molecule has 4 rings (SSSR count). The molecule has 0 aliphatic carbocycles. The number of nitrogens with one attached hydrogen (secondary N) is 1. The third-order valence-electron chi connectivity index (χ3n) is 4.48. The highest BCUT2D eigenvalue weighted by Gasteiger charge is 2.22. The Hall–Kier alpha value is -2.14. The van der Waals surface area contributed by atoms with E-state index in [1.807, 2.05) is 12.4 Å². The maximum absolute atomic E-state index is 4.54. The van der Waals surface area contributed by atoms with Crippen molar-refractivity contribution < 1.29 is 0 Å². The summed E-state index contributed by atoms with van der Waals surface area (Å²) >= 11 is 0. The predicted molar refractivity (Wildman–Crippen MR) is 82.7 cm³/mol. The predicted octanol–water partition coefficient (Wildman–Crippen LogP) is 2.56. The number of hydrogen-bond donors (Lipinski definition) is 1. The van der Waals surface area contributed by atoms with Gasteiger partial charge in [0.1, 0.15) is 0 Å². The maximum Gasteiger partial charge on any atom is 0.0671 e. The molecule has 1 aliphatic rings. The van der Waals surface area contributed by atoms with Crippen LogP contribution in [0.1, 0.15) is 24.5 Å². The lowest BCUT2D eigenvalue weighted by molar-refractivity contribution is 0.252. The van der Waals surface area contributed by atoms with Gasteiger partial charge in [0, 0.05) is 23.2 Å². The van der Waals surface area contributed by atoms with Gasteiger partial charge in [-0.2, -0.15) is 10.2 Å². The lowest BCUT2D eigenvalue weighted by Gasteiger charge is -2.29. The first kappa shape index (κ1) is 12.6. The van der Waals surface area contributed by atoms with Gasteiger partial charge in [0.15, 0.2) is 0 Å². The molecule has 21 heavy (non-hydrogen) atoms. The standard InChI is InChI=1S/C16H19N5/c1-20-8-5-12(6-9-20)16-4-7-18-21(16)14-3-2-13-11-17-19-15(13)10-14/h2-4,7,10-12H,5-6,8-9H2,1H3,(H,17,19). The first-order chi connectivity index (χ1) is 10.3. The second-order valence-corrected chi connectivity index (χ2v) is 5.89. The Morgan fingerprint density at radius 3 is 2.90 bits per heavy atom. The fourth-order valence-electron chi connectivity index (χ4n) is 3.20. The topological polar surface area (TPSA) is 49.7 Å². The van der Waals surface area contributed by atoms with Crippen LogP contribution in [0.3, 0.4) is 0 Å². The van der Waals surface area contributed by atoms with Gasteiger partial charge in [0.2, 0.25) is 0 Å². The SMILES string of the molecule is CN1CCC(c2ccnn2-c2ccc3cn[nH]c3c2)CC1. The largest absolute Gasteiger partial charge is 0.306 e. The third kappa shape index (κ3) is 2.23. The minimum atomic E-state index is 0.598. The van der Waals surface area contributed by atoms with Gasteiger partial charge in [0.05, 0.1) is 17.4 Å². The molecule has 2 aromatic heterocycles. The van der Waals surface area contributed by atoms with E-state index in [9.17, 15) is 0 Å². The van der Waals surface area contributed by atoms with Gasteiger partial charge in [-0.1, -0.05) is 0 Å². The molecule has 3 aromatic rings. The van der Waals surface area contributed by atoms with E-state index in [0.717, 1.165) is 29.7 Å². The minimum absolute atomic E-state index is 0.598. The van der Waals surface area contributed by atoms with Crippen LogP contribution in [0, 0.1) is 0 Å². The molecule has 0 unspecified atom stereocenters. The molecule has 1 aromatic carbocycles. The smallest absolute Gasteiger partial charge is 0.0671 e. The molecule has 5 heteroatoms. The Kier molecular flexibility index (Phi) is 3.00. The number of aromatic amines is 1. The Bertz CT molecular complexity index is 749. The van der Waals surface area contributed by atoms with E-state index in [1.165, 1.54) is 18.5 Å². The Morgan fingerprint density at radius 2 is 2.05 bits per heavy atom. The van der Waals surface area contributed by atoms with Crippen LogP contribution in [-0.2, 0) is 0 Å². The van der Waals surface area contributed by atoms with Crippen molar-refractivity contribution in [1.29, 1.82) is 0 Å². The van der Waals surface area contributed by atoms with Gasteiger partial charge in [0.25, 0.3) is 0 Å². The fourth-order valence-corrected chi connectivity index (χ4v) is 3.20. The van der Waals surface area contributed by atoms with Crippen molar-refractivity contribution in [3.05, 3.63) is 42.4 Å². The number of likely N-dealkylation sites (tertiary alicyclic amines) is 1. The van der Waals surface area contributed by atoms with E-state index in [4.69, 9.17) is 0 Å². The average molecular weight is 281 g/mol. The van der Waals surface area contributed by atoms with Gasteiger partial charge >= 0.3 is 0 Å². The zero-order valence-electron chi connectivity index (χ0n) is 12.2. The Morgan fingerprint density at radius 1 is 1.19 bits per heavy atom. The first-order valence-electron chi connectivity index (χ1n) is 7.47. The van der Waals surface area contributed by atoms with Crippen LogP contribution in [0.25, 0.3) is 16.6 Å². The van der Waals surface area contributed by atoms with E-state index < -0.39 is 0 Å². The summed E-state index contributed by atoms with van der Waals surface area (Å²) in [6.07, 6.45) is 6.16. The monoisotopic (exact) mass is 281 g/mol. The van der Waals surface area contributed by atoms with E-state index in [-0.39, 0.29) is 0 Å². The van der Waals surface area contributed by atoms with Gasteiger partial charge < -0.3 is 4.90 Å². The summed E-state index contributed by atoms with van der Waals surface area (Å²) in [7, 11) is 2.19. The highest BCUT2D eigenvalue weighted by atomic mass is 15.3. The van der Waals surface area contributed by atoms with Crippen LogP contribution >= 0.6 is 0 Å². The molecule has 5 nitrogen and oxygen atoms in total. The summed E-state index contributed by atoms with van der Waals surface area (Å²) in [4.78, 5) is 2.40. The van der Waals surface area contributed by atoms with Crippen LogP contribution in [-0.4, -0.2) is 45.0 Å². The summed E-state index contributed by atoms with van der Waals surface area (Å²) in [6.45, 7) is 2.32. The number of hydrogen-bond acceptors (Lipinski definition) is 3. The van der Waals surface area contributed by atoms with E-state index in [2.05, 4.69) is 56.2 Å². The number of benzene rings is 1. The Balaban J connectivity index is 1.70. The lowest BCUT2D eigenvalue weighted by Crippen LogP contribution is -2.30. The summed E-state index contributed by atoms with van der Waals surface area (Å²) in [5, 5.41) is 12.8.